The van der Waals surface area contributed by atoms with Gasteiger partial charge in [-0.2, -0.15) is 18.3 Å². The van der Waals surface area contributed by atoms with E-state index in [4.69, 9.17) is 0 Å². The smallest absolute Gasteiger partial charge is 0.337 e. The van der Waals surface area contributed by atoms with Gasteiger partial charge in [0.1, 0.15) is 5.71 Å². The molecule has 1 aromatic carbocycles. The first-order valence-corrected chi connectivity index (χ1v) is 6.49. The van der Waals surface area contributed by atoms with Crippen LogP contribution in [-0.4, -0.2) is 26.7 Å². The summed E-state index contributed by atoms with van der Waals surface area (Å²) >= 11 is 1.02. The minimum Gasteiger partial charge on any atom is -0.337 e. The number of rotatable bonds is 1. The Balaban J connectivity index is 2.01. The lowest BCUT2D eigenvalue weighted by molar-refractivity contribution is -0.137. The van der Waals surface area contributed by atoms with Crippen molar-refractivity contribution in [2.75, 3.05) is 5.75 Å². The summed E-state index contributed by atoms with van der Waals surface area (Å²) in [5, 5.41) is 3.55. The number of fused-ring (bicyclic) bond motifs is 1. The van der Waals surface area contributed by atoms with E-state index in [2.05, 4.69) is 20.5 Å². The highest BCUT2D eigenvalue weighted by atomic mass is 32.2. The molecular formula is C11H7F3N4OS. The van der Waals surface area contributed by atoms with Crippen LogP contribution in [0, 0.1) is 0 Å². The van der Waals surface area contributed by atoms with Crippen LogP contribution >= 0.6 is 11.8 Å². The maximum Gasteiger partial charge on any atom is 0.416 e. The van der Waals surface area contributed by atoms with Crippen molar-refractivity contribution in [3.63, 3.8) is 0 Å². The highest BCUT2D eigenvalue weighted by Crippen LogP contribution is 2.31. The van der Waals surface area contributed by atoms with Gasteiger partial charge in [0, 0.05) is 0 Å². The molecule has 1 aromatic heterocycles. The average molecular weight is 300 g/mol. The Kier molecular flexibility index (Phi) is 2.93. The number of hydrazone groups is 1. The number of aromatic amines is 1. The van der Waals surface area contributed by atoms with Crippen molar-refractivity contribution >= 4 is 33.7 Å². The van der Waals surface area contributed by atoms with Gasteiger partial charge in [0.25, 0.3) is 5.24 Å². The highest BCUT2D eigenvalue weighted by molar-refractivity contribution is 8.14. The number of aromatic nitrogens is 2. The SMILES string of the molecule is O=C1NN=C(c2nc3ccc(C(F)(F)F)cc3[nH]2)CS1. The van der Waals surface area contributed by atoms with Crippen LogP contribution in [0.1, 0.15) is 11.4 Å². The van der Waals surface area contributed by atoms with E-state index in [1.807, 2.05) is 0 Å². The van der Waals surface area contributed by atoms with Crippen LogP contribution in [0.25, 0.3) is 11.0 Å². The third-order valence-electron chi connectivity index (χ3n) is 2.70. The lowest BCUT2D eigenvalue weighted by Gasteiger charge is -2.08. The molecule has 0 bridgehead atoms. The van der Waals surface area contributed by atoms with Crippen LogP contribution < -0.4 is 5.43 Å². The van der Waals surface area contributed by atoms with Gasteiger partial charge in [0.15, 0.2) is 5.82 Å². The molecule has 0 saturated heterocycles. The second kappa shape index (κ2) is 4.51. The van der Waals surface area contributed by atoms with Crippen LogP contribution in [0.15, 0.2) is 23.3 Å². The van der Waals surface area contributed by atoms with Crippen molar-refractivity contribution in [1.82, 2.24) is 15.4 Å². The molecule has 0 radical (unpaired) electrons. The van der Waals surface area contributed by atoms with Crippen molar-refractivity contribution < 1.29 is 18.0 Å². The van der Waals surface area contributed by atoms with Crippen LogP contribution in [0.4, 0.5) is 18.0 Å². The Morgan fingerprint density at radius 1 is 1.30 bits per heavy atom. The normalized spacial score (nSPS) is 16.1. The predicted molar refractivity (Wildman–Crippen MR) is 68.6 cm³/mol. The quantitative estimate of drug-likeness (QED) is 0.850. The number of thioether (sulfide) groups is 1. The van der Waals surface area contributed by atoms with E-state index in [-0.39, 0.29) is 10.8 Å². The lowest BCUT2D eigenvalue weighted by atomic mass is 10.2. The number of hydrogen-bond donors (Lipinski definition) is 2. The number of nitrogens with zero attached hydrogens (tertiary/aromatic N) is 2. The van der Waals surface area contributed by atoms with E-state index in [0.29, 0.717) is 22.8 Å². The summed E-state index contributed by atoms with van der Waals surface area (Å²) in [5.74, 6) is 0.671. The molecule has 0 fully saturated rings. The molecule has 2 heterocycles. The first kappa shape index (κ1) is 13.0. The molecule has 0 aliphatic carbocycles. The van der Waals surface area contributed by atoms with Crippen molar-refractivity contribution in [3.8, 4) is 0 Å². The zero-order chi connectivity index (χ0) is 14.3. The Bertz CT molecular complexity index is 722. The molecule has 1 amide bonds. The van der Waals surface area contributed by atoms with Crippen LogP contribution in [0.2, 0.25) is 0 Å². The fourth-order valence-corrected chi connectivity index (χ4v) is 2.33. The molecule has 1 aliphatic rings. The monoisotopic (exact) mass is 300 g/mol. The Hall–Kier alpha value is -2.03. The second-order valence-corrected chi connectivity index (χ2v) is 5.01. The minimum atomic E-state index is -4.40. The summed E-state index contributed by atoms with van der Waals surface area (Å²) < 4.78 is 37.8. The molecule has 2 N–H and O–H groups in total. The zero-order valence-electron chi connectivity index (χ0n) is 9.78. The molecule has 3 rings (SSSR count). The van der Waals surface area contributed by atoms with E-state index in [0.717, 1.165) is 23.9 Å². The largest absolute Gasteiger partial charge is 0.416 e. The van der Waals surface area contributed by atoms with Gasteiger partial charge in [-0.15, -0.1) is 0 Å². The number of H-pyrrole nitrogens is 1. The van der Waals surface area contributed by atoms with Gasteiger partial charge >= 0.3 is 6.18 Å². The number of halogens is 3. The number of amides is 1. The molecule has 0 atom stereocenters. The summed E-state index contributed by atoms with van der Waals surface area (Å²) in [7, 11) is 0. The first-order chi connectivity index (χ1) is 9.43. The Labute approximate surface area is 114 Å². The fraction of sp³-hybridized carbons (Fsp3) is 0.182. The number of benzene rings is 1. The highest BCUT2D eigenvalue weighted by Gasteiger charge is 2.30. The molecule has 9 heteroatoms. The molecule has 104 valence electrons. The molecule has 0 spiro atoms. The number of hydrogen-bond acceptors (Lipinski definition) is 4. The maximum absolute atomic E-state index is 12.6. The zero-order valence-corrected chi connectivity index (χ0v) is 10.6. The Morgan fingerprint density at radius 3 is 2.75 bits per heavy atom. The van der Waals surface area contributed by atoms with Gasteiger partial charge in [-0.1, -0.05) is 11.8 Å². The van der Waals surface area contributed by atoms with Gasteiger partial charge in [-0.25, -0.2) is 10.4 Å². The fourth-order valence-electron chi connectivity index (χ4n) is 1.76. The number of alkyl halides is 3. The summed E-state index contributed by atoms with van der Waals surface area (Å²) in [4.78, 5) is 17.9. The van der Waals surface area contributed by atoms with Crippen LogP contribution in [0.3, 0.4) is 0 Å². The molecular weight excluding hydrogens is 293 g/mol. The third kappa shape index (κ3) is 2.36. The van der Waals surface area contributed by atoms with Gasteiger partial charge < -0.3 is 4.98 Å². The van der Waals surface area contributed by atoms with Gasteiger partial charge in [-0.05, 0) is 18.2 Å². The van der Waals surface area contributed by atoms with E-state index in [9.17, 15) is 18.0 Å². The maximum atomic E-state index is 12.6. The van der Waals surface area contributed by atoms with Crippen molar-refractivity contribution in [3.05, 3.63) is 29.6 Å². The Morgan fingerprint density at radius 2 is 2.10 bits per heavy atom. The van der Waals surface area contributed by atoms with Gasteiger partial charge in [-0.3, -0.25) is 4.79 Å². The van der Waals surface area contributed by atoms with Gasteiger partial charge in [0.05, 0.1) is 22.3 Å². The summed E-state index contributed by atoms with van der Waals surface area (Å²) in [6, 6.07) is 3.28. The summed E-state index contributed by atoms with van der Waals surface area (Å²) in [6.45, 7) is 0. The van der Waals surface area contributed by atoms with E-state index in [1.165, 1.54) is 6.07 Å². The number of imidazole rings is 1. The molecule has 1 aliphatic heterocycles. The van der Waals surface area contributed by atoms with Crippen LogP contribution in [0.5, 0.6) is 0 Å². The number of nitrogens with one attached hydrogen (secondary N) is 2. The summed E-state index contributed by atoms with van der Waals surface area (Å²) in [5.41, 5.74) is 2.72. The van der Waals surface area contributed by atoms with Gasteiger partial charge in [0.2, 0.25) is 0 Å². The van der Waals surface area contributed by atoms with Crippen molar-refractivity contribution in [2.24, 2.45) is 5.10 Å². The average Bonchev–Trinajstić information content (AvgIpc) is 2.81. The second-order valence-electron chi connectivity index (χ2n) is 4.06. The van der Waals surface area contributed by atoms with E-state index < -0.39 is 11.7 Å². The predicted octanol–water partition coefficient (Wildman–Crippen LogP) is 2.74. The minimum absolute atomic E-state index is 0.274. The van der Waals surface area contributed by atoms with Crippen LogP contribution in [-0.2, 0) is 6.18 Å². The standard InChI is InChI=1S/C11H7F3N4OS/c12-11(13,14)5-1-2-6-7(3-5)16-9(15-6)8-4-20-10(19)18-17-8/h1-3H,4H2,(H,15,16)(H,18,19). The topological polar surface area (TPSA) is 70.1 Å². The first-order valence-electron chi connectivity index (χ1n) is 5.50. The number of carbonyl (C=O) groups excluding carboxylic acids is 1. The van der Waals surface area contributed by atoms with Crippen molar-refractivity contribution in [2.45, 2.75) is 6.18 Å². The molecule has 5 nitrogen and oxygen atoms in total. The van der Waals surface area contributed by atoms with Crippen molar-refractivity contribution in [1.29, 1.82) is 0 Å². The van der Waals surface area contributed by atoms with E-state index >= 15 is 0 Å². The number of carbonyl (C=O) groups is 1. The molecule has 0 saturated carbocycles. The lowest BCUT2D eigenvalue weighted by Crippen LogP contribution is -2.24. The summed E-state index contributed by atoms with van der Waals surface area (Å²) in [6.07, 6.45) is -4.40. The third-order valence-corrected chi connectivity index (χ3v) is 3.48. The molecule has 0 unspecified atom stereocenters. The molecule has 2 aromatic rings. The molecule has 20 heavy (non-hydrogen) atoms. The van der Waals surface area contributed by atoms with E-state index in [1.54, 1.807) is 0 Å².